The van der Waals surface area contributed by atoms with E-state index >= 15 is 0 Å². The Morgan fingerprint density at radius 2 is 2.05 bits per heavy atom. The molecule has 0 radical (unpaired) electrons. The van der Waals surface area contributed by atoms with Gasteiger partial charge in [0.05, 0.1) is 34.9 Å². The van der Waals surface area contributed by atoms with E-state index in [0.29, 0.717) is 40.0 Å². The summed E-state index contributed by atoms with van der Waals surface area (Å²) in [7, 11) is 1.67. The van der Waals surface area contributed by atoms with Crippen molar-refractivity contribution in [3.63, 3.8) is 0 Å². The molecule has 0 unspecified atom stereocenters. The zero-order valence-electron chi connectivity index (χ0n) is 20.4. The van der Waals surface area contributed by atoms with Crippen molar-refractivity contribution in [3.05, 3.63) is 62.5 Å². The third-order valence-electron chi connectivity index (χ3n) is 7.10. The number of anilines is 1. The number of hydrogen-bond acceptors (Lipinski definition) is 7. The molecule has 11 heteroatoms. The standard InChI is InChI=1S/C26H28Cl2N4O5/c1-36-9-8-30-12-17(13-30)32-14-19(26(34)35)24(33)18-10-21(28)23(11-22(18)32)31-7-3-4-16(31)15-37-25-20(27)5-2-6-29-25/h2,5-6,10-11,14,16-17H,3-4,7-9,12-13,15H2,1H3,(H,34,35)/t16-/m1/s1. The molecule has 1 N–H and O–H groups in total. The predicted octanol–water partition coefficient (Wildman–Crippen LogP) is 3.95. The highest BCUT2D eigenvalue weighted by Crippen LogP contribution is 2.36. The Bertz CT molecular complexity index is 1380. The van der Waals surface area contributed by atoms with Gasteiger partial charge in [0.2, 0.25) is 11.3 Å². The minimum absolute atomic E-state index is 0.0380. The van der Waals surface area contributed by atoms with E-state index in [1.807, 2.05) is 10.6 Å². The second-order valence-electron chi connectivity index (χ2n) is 9.40. The molecule has 4 heterocycles. The number of methoxy groups -OCH3 is 1. The van der Waals surface area contributed by atoms with Crippen LogP contribution in [0.1, 0.15) is 29.2 Å². The second-order valence-corrected chi connectivity index (χ2v) is 10.2. The fourth-order valence-electron chi connectivity index (χ4n) is 5.13. The summed E-state index contributed by atoms with van der Waals surface area (Å²) in [5, 5.41) is 10.8. The summed E-state index contributed by atoms with van der Waals surface area (Å²) in [4.78, 5) is 33.5. The quantitative estimate of drug-likeness (QED) is 0.430. The van der Waals surface area contributed by atoms with Crippen LogP contribution in [0.25, 0.3) is 10.9 Å². The van der Waals surface area contributed by atoms with E-state index in [2.05, 4.69) is 14.8 Å². The lowest BCUT2D eigenvalue weighted by Gasteiger charge is -2.41. The van der Waals surface area contributed by atoms with Crippen LogP contribution in [0.4, 0.5) is 5.69 Å². The van der Waals surface area contributed by atoms with Gasteiger partial charge in [-0.2, -0.15) is 0 Å². The van der Waals surface area contributed by atoms with Crippen molar-refractivity contribution in [2.24, 2.45) is 0 Å². The number of carboxylic acid groups (broad SMARTS) is 1. The van der Waals surface area contributed by atoms with Gasteiger partial charge in [0.25, 0.3) is 0 Å². The molecule has 37 heavy (non-hydrogen) atoms. The summed E-state index contributed by atoms with van der Waals surface area (Å²) in [5.74, 6) is -0.861. The zero-order chi connectivity index (χ0) is 26.1. The number of pyridine rings is 2. The van der Waals surface area contributed by atoms with Gasteiger partial charge in [0.1, 0.15) is 17.2 Å². The van der Waals surface area contributed by atoms with Crippen LogP contribution in [0.15, 0.2) is 41.5 Å². The Morgan fingerprint density at radius 3 is 2.78 bits per heavy atom. The second kappa shape index (κ2) is 10.9. The van der Waals surface area contributed by atoms with Crippen molar-refractivity contribution in [1.29, 1.82) is 0 Å². The topological polar surface area (TPSA) is 97.1 Å². The van der Waals surface area contributed by atoms with E-state index in [1.54, 1.807) is 31.5 Å². The van der Waals surface area contributed by atoms with Crippen molar-refractivity contribution < 1.29 is 19.4 Å². The van der Waals surface area contributed by atoms with Crippen LogP contribution in [-0.2, 0) is 4.74 Å². The van der Waals surface area contributed by atoms with Gasteiger partial charge in [-0.3, -0.25) is 9.69 Å². The summed E-state index contributed by atoms with van der Waals surface area (Å²) in [5.41, 5.74) is 0.671. The minimum atomic E-state index is -1.25. The Morgan fingerprint density at radius 1 is 1.24 bits per heavy atom. The van der Waals surface area contributed by atoms with Crippen molar-refractivity contribution in [1.82, 2.24) is 14.5 Å². The first-order chi connectivity index (χ1) is 17.9. The molecule has 196 valence electrons. The van der Waals surface area contributed by atoms with Gasteiger partial charge in [-0.25, -0.2) is 9.78 Å². The SMILES string of the molecule is COCCN1CC(n2cc(C(=O)O)c(=O)c3cc(Cl)c(N4CCC[C@@H]4COc4ncccc4Cl)cc32)C1. The summed E-state index contributed by atoms with van der Waals surface area (Å²) >= 11 is 12.9. The van der Waals surface area contributed by atoms with Gasteiger partial charge < -0.3 is 24.0 Å². The molecule has 0 bridgehead atoms. The molecule has 2 aliphatic rings. The number of benzene rings is 1. The van der Waals surface area contributed by atoms with Crippen LogP contribution < -0.4 is 15.1 Å². The van der Waals surface area contributed by atoms with Crippen LogP contribution in [-0.4, -0.2) is 78.1 Å². The average Bonchev–Trinajstić information content (AvgIpc) is 3.32. The maximum atomic E-state index is 13.1. The van der Waals surface area contributed by atoms with Gasteiger partial charge in [0.15, 0.2) is 0 Å². The number of carbonyl (C=O) groups is 1. The van der Waals surface area contributed by atoms with E-state index in [9.17, 15) is 14.7 Å². The maximum absolute atomic E-state index is 13.1. The van der Waals surface area contributed by atoms with Crippen molar-refractivity contribution in [2.75, 3.05) is 51.4 Å². The average molecular weight is 547 g/mol. The number of fused-ring (bicyclic) bond motifs is 1. The molecule has 0 aliphatic carbocycles. The third kappa shape index (κ3) is 5.13. The number of halogens is 2. The lowest BCUT2D eigenvalue weighted by atomic mass is 10.0. The van der Waals surface area contributed by atoms with Crippen LogP contribution >= 0.6 is 23.2 Å². The summed E-state index contributed by atoms with van der Waals surface area (Å²) in [6.07, 6.45) is 4.97. The minimum Gasteiger partial charge on any atom is -0.477 e. The van der Waals surface area contributed by atoms with Gasteiger partial charge in [0, 0.05) is 51.1 Å². The number of rotatable bonds is 9. The van der Waals surface area contributed by atoms with Crippen LogP contribution in [0.5, 0.6) is 5.88 Å². The molecule has 2 aromatic heterocycles. The van der Waals surface area contributed by atoms with Gasteiger partial charge >= 0.3 is 5.97 Å². The monoisotopic (exact) mass is 546 g/mol. The van der Waals surface area contributed by atoms with E-state index in [-0.39, 0.29) is 17.6 Å². The lowest BCUT2D eigenvalue weighted by molar-refractivity contribution is 0.0676. The number of carboxylic acids is 1. The highest BCUT2D eigenvalue weighted by atomic mass is 35.5. The van der Waals surface area contributed by atoms with Crippen molar-refractivity contribution in [3.8, 4) is 5.88 Å². The fourth-order valence-corrected chi connectivity index (χ4v) is 5.58. The largest absolute Gasteiger partial charge is 0.477 e. The highest BCUT2D eigenvalue weighted by Gasteiger charge is 2.32. The Kier molecular flexibility index (Phi) is 7.57. The first-order valence-corrected chi connectivity index (χ1v) is 13.0. The smallest absolute Gasteiger partial charge is 0.341 e. The Balaban J connectivity index is 1.48. The van der Waals surface area contributed by atoms with Crippen LogP contribution in [0, 0.1) is 0 Å². The van der Waals surface area contributed by atoms with E-state index in [1.165, 1.54) is 6.20 Å². The fraction of sp³-hybridized carbons (Fsp3) is 0.423. The molecule has 9 nitrogen and oxygen atoms in total. The lowest BCUT2D eigenvalue weighted by Crippen LogP contribution is -2.49. The third-order valence-corrected chi connectivity index (χ3v) is 7.69. The molecular formula is C26H28Cl2N4O5. The van der Waals surface area contributed by atoms with E-state index in [0.717, 1.165) is 44.7 Å². The summed E-state index contributed by atoms with van der Waals surface area (Å²) < 4.78 is 13.0. The summed E-state index contributed by atoms with van der Waals surface area (Å²) in [6, 6.07) is 7.08. The van der Waals surface area contributed by atoms with E-state index in [4.69, 9.17) is 32.7 Å². The maximum Gasteiger partial charge on any atom is 0.341 e. The Hall–Kier alpha value is -2.85. The highest BCUT2D eigenvalue weighted by molar-refractivity contribution is 6.34. The van der Waals surface area contributed by atoms with Gasteiger partial charge in [-0.15, -0.1) is 0 Å². The molecule has 1 aromatic carbocycles. The molecule has 2 fully saturated rings. The molecular weight excluding hydrogens is 519 g/mol. The van der Waals surface area contributed by atoms with Crippen molar-refractivity contribution >= 4 is 45.8 Å². The van der Waals surface area contributed by atoms with E-state index < -0.39 is 11.4 Å². The number of ether oxygens (including phenoxy) is 2. The molecule has 2 saturated heterocycles. The van der Waals surface area contributed by atoms with Crippen LogP contribution in [0.3, 0.4) is 0 Å². The number of aromatic carboxylic acids is 1. The molecule has 2 aliphatic heterocycles. The molecule has 0 saturated carbocycles. The Labute approximate surface area is 224 Å². The molecule has 1 atom stereocenters. The molecule has 5 rings (SSSR count). The first-order valence-electron chi connectivity index (χ1n) is 12.2. The van der Waals surface area contributed by atoms with Crippen LogP contribution in [0.2, 0.25) is 10.0 Å². The van der Waals surface area contributed by atoms with Crippen molar-refractivity contribution in [2.45, 2.75) is 24.9 Å². The number of nitrogens with zero attached hydrogens (tertiary/aromatic N) is 4. The summed E-state index contributed by atoms with van der Waals surface area (Å²) in [6.45, 7) is 4.06. The predicted molar refractivity (Wildman–Crippen MR) is 143 cm³/mol. The number of hydrogen-bond donors (Lipinski definition) is 1. The first kappa shape index (κ1) is 25.8. The normalized spacial score (nSPS) is 18.4. The number of aromatic nitrogens is 2. The molecule has 0 spiro atoms. The molecule has 3 aromatic rings. The van der Waals surface area contributed by atoms with Gasteiger partial charge in [-0.1, -0.05) is 23.2 Å². The van der Waals surface area contributed by atoms with Gasteiger partial charge in [-0.05, 0) is 37.1 Å². The number of likely N-dealkylation sites (tertiary alicyclic amines) is 1. The molecule has 0 amide bonds. The zero-order valence-corrected chi connectivity index (χ0v) is 21.9.